The summed E-state index contributed by atoms with van der Waals surface area (Å²) in [6.07, 6.45) is 8.28. The van der Waals surface area contributed by atoms with E-state index in [1.165, 1.54) is 31.4 Å². The number of hydrogen-bond acceptors (Lipinski definition) is 2. The molecule has 1 saturated carbocycles. The maximum Gasteiger partial charge on any atom is 0.0666 e. The molecule has 2 aliphatic rings. The van der Waals surface area contributed by atoms with E-state index < -0.39 is 0 Å². The van der Waals surface area contributed by atoms with Gasteiger partial charge in [0.1, 0.15) is 0 Å². The van der Waals surface area contributed by atoms with Crippen LogP contribution in [0.1, 0.15) is 32.6 Å². The largest absolute Gasteiger partial charge is 0.377 e. The fraction of sp³-hybridized carbons (Fsp3) is 0.818. The summed E-state index contributed by atoms with van der Waals surface area (Å²) in [6, 6.07) is 0. The van der Waals surface area contributed by atoms with Crippen LogP contribution in [0.2, 0.25) is 0 Å². The molecule has 1 heterocycles. The van der Waals surface area contributed by atoms with Crippen LogP contribution in [0, 0.1) is 0 Å². The first-order valence-corrected chi connectivity index (χ1v) is 6.32. The predicted molar refractivity (Wildman–Crippen MR) is 58.2 cm³/mol. The molecule has 2 unspecified atom stereocenters. The standard InChI is InChI=1S/C11H18OS/c1-9-11(5-7-12-9)13-8-6-10-3-2-4-10/h6,9,11H,2-5,7-8H2,1H3. The number of thioether (sulfide) groups is 1. The average Bonchev–Trinajstić information content (AvgIpc) is 2.42. The molecule has 2 atom stereocenters. The maximum absolute atomic E-state index is 5.52. The van der Waals surface area contributed by atoms with E-state index >= 15 is 0 Å². The number of hydrogen-bond donors (Lipinski definition) is 0. The van der Waals surface area contributed by atoms with Crippen molar-refractivity contribution in [3.63, 3.8) is 0 Å². The van der Waals surface area contributed by atoms with Crippen LogP contribution in [0.3, 0.4) is 0 Å². The second-order valence-electron chi connectivity index (χ2n) is 3.95. The molecule has 1 nitrogen and oxygen atoms in total. The molecular formula is C11H18OS. The van der Waals surface area contributed by atoms with E-state index in [9.17, 15) is 0 Å². The Morgan fingerprint density at radius 1 is 1.54 bits per heavy atom. The van der Waals surface area contributed by atoms with Crippen molar-refractivity contribution >= 4 is 11.8 Å². The molecule has 0 aromatic heterocycles. The molecular weight excluding hydrogens is 180 g/mol. The minimum absolute atomic E-state index is 0.477. The lowest BCUT2D eigenvalue weighted by molar-refractivity contribution is 0.127. The molecule has 0 aromatic carbocycles. The van der Waals surface area contributed by atoms with Gasteiger partial charge in [0.2, 0.25) is 0 Å². The van der Waals surface area contributed by atoms with Crippen LogP contribution in [-0.4, -0.2) is 23.7 Å². The third-order valence-corrected chi connectivity index (χ3v) is 4.39. The molecule has 0 bridgehead atoms. The summed E-state index contributed by atoms with van der Waals surface area (Å²) >= 11 is 2.07. The van der Waals surface area contributed by atoms with Crippen molar-refractivity contribution in [2.45, 2.75) is 44.0 Å². The molecule has 0 amide bonds. The van der Waals surface area contributed by atoms with Crippen molar-refractivity contribution in [2.24, 2.45) is 0 Å². The highest BCUT2D eigenvalue weighted by atomic mass is 32.2. The molecule has 74 valence electrons. The summed E-state index contributed by atoms with van der Waals surface area (Å²) in [6.45, 7) is 3.16. The summed E-state index contributed by atoms with van der Waals surface area (Å²) in [4.78, 5) is 0. The Hall–Kier alpha value is 0.0500. The molecule has 1 saturated heterocycles. The normalized spacial score (nSPS) is 33.2. The van der Waals surface area contributed by atoms with Gasteiger partial charge in [0.15, 0.2) is 0 Å². The first-order chi connectivity index (χ1) is 6.36. The van der Waals surface area contributed by atoms with E-state index in [-0.39, 0.29) is 0 Å². The maximum atomic E-state index is 5.52. The van der Waals surface area contributed by atoms with Crippen molar-refractivity contribution in [2.75, 3.05) is 12.4 Å². The van der Waals surface area contributed by atoms with Gasteiger partial charge in [0.05, 0.1) is 6.10 Å². The molecule has 0 aromatic rings. The molecule has 2 heteroatoms. The monoisotopic (exact) mass is 198 g/mol. The fourth-order valence-corrected chi connectivity index (χ4v) is 3.00. The van der Waals surface area contributed by atoms with Gasteiger partial charge in [-0.1, -0.05) is 11.6 Å². The van der Waals surface area contributed by atoms with Crippen LogP contribution in [0.4, 0.5) is 0 Å². The molecule has 0 radical (unpaired) electrons. The Labute approximate surface area is 84.9 Å². The Bertz CT molecular complexity index is 194. The zero-order valence-corrected chi connectivity index (χ0v) is 9.11. The number of ether oxygens (including phenoxy) is 1. The molecule has 2 rings (SSSR count). The van der Waals surface area contributed by atoms with Crippen molar-refractivity contribution < 1.29 is 4.74 Å². The van der Waals surface area contributed by atoms with Crippen LogP contribution in [0.25, 0.3) is 0 Å². The van der Waals surface area contributed by atoms with Gasteiger partial charge in [0.25, 0.3) is 0 Å². The third kappa shape index (κ3) is 2.50. The SMILES string of the molecule is CC1OCCC1SCC=C1CCC1. The highest BCUT2D eigenvalue weighted by Crippen LogP contribution is 2.29. The van der Waals surface area contributed by atoms with Gasteiger partial charge >= 0.3 is 0 Å². The molecule has 1 aliphatic carbocycles. The highest BCUT2D eigenvalue weighted by molar-refractivity contribution is 8.00. The van der Waals surface area contributed by atoms with Crippen LogP contribution in [0.15, 0.2) is 11.6 Å². The Morgan fingerprint density at radius 2 is 2.38 bits per heavy atom. The van der Waals surface area contributed by atoms with E-state index in [0.29, 0.717) is 6.10 Å². The summed E-state index contributed by atoms with van der Waals surface area (Å²) in [5.41, 5.74) is 1.68. The Morgan fingerprint density at radius 3 is 2.92 bits per heavy atom. The minimum Gasteiger partial charge on any atom is -0.377 e. The minimum atomic E-state index is 0.477. The van der Waals surface area contributed by atoms with Crippen molar-refractivity contribution in [3.05, 3.63) is 11.6 Å². The van der Waals surface area contributed by atoms with Gasteiger partial charge in [0, 0.05) is 17.6 Å². The number of rotatable bonds is 3. The van der Waals surface area contributed by atoms with Gasteiger partial charge in [-0.15, -0.1) is 0 Å². The quantitative estimate of drug-likeness (QED) is 0.645. The zero-order chi connectivity index (χ0) is 9.10. The number of allylic oxidation sites excluding steroid dienone is 1. The summed E-state index contributed by atoms with van der Waals surface area (Å²) in [5, 5.41) is 0.747. The second-order valence-corrected chi connectivity index (χ2v) is 5.22. The van der Waals surface area contributed by atoms with E-state index in [1.54, 1.807) is 5.57 Å². The van der Waals surface area contributed by atoms with Gasteiger partial charge in [-0.05, 0) is 32.6 Å². The second kappa shape index (κ2) is 4.52. The lowest BCUT2D eigenvalue weighted by Gasteiger charge is -2.17. The van der Waals surface area contributed by atoms with Crippen LogP contribution in [-0.2, 0) is 4.74 Å². The van der Waals surface area contributed by atoms with E-state index in [1.807, 2.05) is 0 Å². The predicted octanol–water partition coefficient (Wildman–Crippen LogP) is 3.01. The van der Waals surface area contributed by atoms with Crippen LogP contribution < -0.4 is 0 Å². The lowest BCUT2D eigenvalue weighted by Crippen LogP contribution is -2.13. The molecule has 2 fully saturated rings. The zero-order valence-electron chi connectivity index (χ0n) is 8.29. The Kier molecular flexibility index (Phi) is 3.33. The first kappa shape index (κ1) is 9.60. The highest BCUT2D eigenvalue weighted by Gasteiger charge is 2.23. The first-order valence-electron chi connectivity index (χ1n) is 5.27. The fourth-order valence-electron chi connectivity index (χ4n) is 1.81. The van der Waals surface area contributed by atoms with Crippen molar-refractivity contribution in [3.8, 4) is 0 Å². The summed E-state index contributed by atoms with van der Waals surface area (Å²) in [7, 11) is 0. The van der Waals surface area contributed by atoms with Gasteiger partial charge in [-0.3, -0.25) is 0 Å². The van der Waals surface area contributed by atoms with Gasteiger partial charge in [-0.25, -0.2) is 0 Å². The molecule has 0 spiro atoms. The molecule has 13 heavy (non-hydrogen) atoms. The Balaban J connectivity index is 1.66. The summed E-state index contributed by atoms with van der Waals surface area (Å²) in [5.74, 6) is 1.20. The lowest BCUT2D eigenvalue weighted by atomic mass is 9.93. The van der Waals surface area contributed by atoms with Crippen LogP contribution in [0.5, 0.6) is 0 Å². The van der Waals surface area contributed by atoms with Crippen molar-refractivity contribution in [1.82, 2.24) is 0 Å². The smallest absolute Gasteiger partial charge is 0.0666 e. The van der Waals surface area contributed by atoms with E-state index in [0.717, 1.165) is 11.9 Å². The third-order valence-electron chi connectivity index (χ3n) is 2.98. The molecule has 1 aliphatic heterocycles. The van der Waals surface area contributed by atoms with Crippen molar-refractivity contribution in [1.29, 1.82) is 0 Å². The topological polar surface area (TPSA) is 9.23 Å². The summed E-state index contributed by atoms with van der Waals surface area (Å²) < 4.78 is 5.52. The average molecular weight is 198 g/mol. The van der Waals surface area contributed by atoms with Gasteiger partial charge < -0.3 is 4.74 Å². The van der Waals surface area contributed by atoms with E-state index in [4.69, 9.17) is 4.74 Å². The van der Waals surface area contributed by atoms with Crippen LogP contribution >= 0.6 is 11.8 Å². The molecule has 0 N–H and O–H groups in total. The van der Waals surface area contributed by atoms with Gasteiger partial charge in [-0.2, -0.15) is 11.8 Å². The van der Waals surface area contributed by atoms with E-state index in [2.05, 4.69) is 24.8 Å².